The Morgan fingerprint density at radius 1 is 1.29 bits per heavy atom. The van der Waals surface area contributed by atoms with Crippen molar-refractivity contribution < 1.29 is 19.1 Å². The molecule has 2 atom stereocenters. The zero-order chi connectivity index (χ0) is 20.4. The van der Waals surface area contributed by atoms with E-state index in [2.05, 4.69) is 4.99 Å². The molecule has 6 nitrogen and oxygen atoms in total. The van der Waals surface area contributed by atoms with Crippen LogP contribution in [0.4, 0.5) is 0 Å². The SMILES string of the molecule is CC[C@@H]1SC2=NC(C)=C(C(=O)OCCOC)[C@H](c3ccc(Cl)c(Cl)c3)N2C1=O. The topological polar surface area (TPSA) is 68.2 Å². The number of aliphatic imine (C=N–C) groups is 1. The van der Waals surface area contributed by atoms with Gasteiger partial charge in [-0.3, -0.25) is 9.69 Å². The van der Waals surface area contributed by atoms with Gasteiger partial charge in [0.25, 0.3) is 0 Å². The molecular formula is C19H20Cl2N2O4S. The lowest BCUT2D eigenvalue weighted by atomic mass is 9.94. The summed E-state index contributed by atoms with van der Waals surface area (Å²) < 4.78 is 10.3. The molecule has 1 aromatic carbocycles. The second kappa shape index (κ2) is 8.86. The number of methoxy groups -OCH3 is 1. The maximum absolute atomic E-state index is 13.0. The van der Waals surface area contributed by atoms with Crippen LogP contribution in [-0.2, 0) is 19.1 Å². The highest BCUT2D eigenvalue weighted by Crippen LogP contribution is 2.44. The van der Waals surface area contributed by atoms with E-state index in [4.69, 9.17) is 32.7 Å². The number of esters is 1. The van der Waals surface area contributed by atoms with Gasteiger partial charge in [0, 0.05) is 7.11 Å². The molecule has 0 radical (unpaired) electrons. The maximum Gasteiger partial charge on any atom is 0.338 e. The van der Waals surface area contributed by atoms with Crippen molar-refractivity contribution in [3.8, 4) is 0 Å². The van der Waals surface area contributed by atoms with E-state index in [9.17, 15) is 9.59 Å². The van der Waals surface area contributed by atoms with Crippen molar-refractivity contribution in [3.63, 3.8) is 0 Å². The van der Waals surface area contributed by atoms with Gasteiger partial charge in [-0.1, -0.05) is 48.0 Å². The van der Waals surface area contributed by atoms with Gasteiger partial charge < -0.3 is 9.47 Å². The fourth-order valence-electron chi connectivity index (χ4n) is 3.14. The number of hydrogen-bond acceptors (Lipinski definition) is 6. The lowest BCUT2D eigenvalue weighted by Crippen LogP contribution is -2.41. The molecule has 0 saturated carbocycles. The number of benzene rings is 1. The Morgan fingerprint density at radius 3 is 2.68 bits per heavy atom. The summed E-state index contributed by atoms with van der Waals surface area (Å²) in [6.45, 7) is 4.08. The van der Waals surface area contributed by atoms with E-state index >= 15 is 0 Å². The van der Waals surface area contributed by atoms with Crippen LogP contribution in [0.5, 0.6) is 0 Å². The molecule has 1 amide bonds. The summed E-state index contributed by atoms with van der Waals surface area (Å²) >= 11 is 13.7. The van der Waals surface area contributed by atoms with Gasteiger partial charge in [0.15, 0.2) is 5.17 Å². The van der Waals surface area contributed by atoms with Crippen LogP contribution < -0.4 is 0 Å². The average molecular weight is 443 g/mol. The largest absolute Gasteiger partial charge is 0.460 e. The molecule has 9 heteroatoms. The average Bonchev–Trinajstić information content (AvgIpc) is 2.98. The molecule has 1 aromatic rings. The van der Waals surface area contributed by atoms with Crippen LogP contribution in [-0.4, -0.2) is 47.5 Å². The Bertz CT molecular complexity index is 871. The first-order valence-electron chi connectivity index (χ1n) is 8.79. The van der Waals surface area contributed by atoms with E-state index < -0.39 is 12.0 Å². The van der Waals surface area contributed by atoms with E-state index in [0.29, 0.717) is 38.5 Å². The fourth-order valence-corrected chi connectivity index (χ4v) is 4.58. The van der Waals surface area contributed by atoms with Crippen LogP contribution in [0.15, 0.2) is 34.5 Å². The van der Waals surface area contributed by atoms with E-state index in [1.54, 1.807) is 30.0 Å². The minimum absolute atomic E-state index is 0.0861. The Hall–Kier alpha value is -1.54. The molecule has 1 fully saturated rings. The molecule has 0 aromatic heterocycles. The molecule has 150 valence electrons. The minimum Gasteiger partial charge on any atom is -0.460 e. The quantitative estimate of drug-likeness (QED) is 0.487. The summed E-state index contributed by atoms with van der Waals surface area (Å²) in [5, 5.41) is 1.09. The third-order valence-electron chi connectivity index (χ3n) is 4.52. The highest BCUT2D eigenvalue weighted by atomic mass is 35.5. The third-order valence-corrected chi connectivity index (χ3v) is 6.58. The van der Waals surface area contributed by atoms with Crippen molar-refractivity contribution in [2.24, 2.45) is 4.99 Å². The number of hydrogen-bond donors (Lipinski definition) is 0. The van der Waals surface area contributed by atoms with Crippen molar-refractivity contribution in [3.05, 3.63) is 45.1 Å². The third kappa shape index (κ3) is 3.94. The van der Waals surface area contributed by atoms with Gasteiger partial charge in [0.05, 0.1) is 39.2 Å². The normalized spacial score (nSPS) is 21.7. The molecule has 0 N–H and O–H groups in total. The maximum atomic E-state index is 13.0. The van der Waals surface area contributed by atoms with E-state index in [0.717, 1.165) is 0 Å². The van der Waals surface area contributed by atoms with Crippen molar-refractivity contribution >= 4 is 52.0 Å². The van der Waals surface area contributed by atoms with Gasteiger partial charge in [0.2, 0.25) is 5.91 Å². The number of amides is 1. The molecule has 2 aliphatic heterocycles. The second-order valence-electron chi connectivity index (χ2n) is 6.32. The molecule has 2 aliphatic rings. The van der Waals surface area contributed by atoms with Crippen LogP contribution in [0, 0.1) is 0 Å². The second-order valence-corrected chi connectivity index (χ2v) is 8.31. The summed E-state index contributed by atoms with van der Waals surface area (Å²) in [4.78, 5) is 31.9. The van der Waals surface area contributed by atoms with Gasteiger partial charge in [-0.15, -0.1) is 0 Å². The number of carbonyl (C=O) groups excluding carboxylic acids is 2. The van der Waals surface area contributed by atoms with Crippen LogP contribution in [0.1, 0.15) is 31.9 Å². The molecule has 2 heterocycles. The molecule has 3 rings (SSSR count). The lowest BCUT2D eigenvalue weighted by molar-refractivity contribution is -0.141. The van der Waals surface area contributed by atoms with Crippen molar-refractivity contribution in [1.82, 2.24) is 4.90 Å². The van der Waals surface area contributed by atoms with Crippen molar-refractivity contribution in [2.75, 3.05) is 20.3 Å². The summed E-state index contributed by atoms with van der Waals surface area (Å²) in [5.41, 5.74) is 1.50. The highest BCUT2D eigenvalue weighted by molar-refractivity contribution is 8.15. The molecule has 0 spiro atoms. The van der Waals surface area contributed by atoms with Gasteiger partial charge in [0.1, 0.15) is 6.61 Å². The van der Waals surface area contributed by atoms with E-state index in [1.165, 1.54) is 18.9 Å². The van der Waals surface area contributed by atoms with Crippen LogP contribution >= 0.6 is 35.0 Å². The van der Waals surface area contributed by atoms with Gasteiger partial charge >= 0.3 is 5.97 Å². The van der Waals surface area contributed by atoms with Crippen LogP contribution in [0.25, 0.3) is 0 Å². The number of ether oxygens (including phenoxy) is 2. The summed E-state index contributed by atoms with van der Waals surface area (Å²) in [6.07, 6.45) is 0.666. The molecule has 0 aliphatic carbocycles. The summed E-state index contributed by atoms with van der Waals surface area (Å²) in [6, 6.07) is 4.41. The van der Waals surface area contributed by atoms with E-state index in [1.807, 2.05) is 6.92 Å². The number of carbonyl (C=O) groups is 2. The molecular weight excluding hydrogens is 423 g/mol. The standard InChI is InChI=1S/C19H20Cl2N2O4S/c1-4-14-17(24)23-16(11-5-6-12(20)13(21)9-11)15(10(2)22-19(23)28-14)18(25)27-8-7-26-3/h5-6,9,14,16H,4,7-8H2,1-3H3/t14-,16-/m0/s1. The Labute approximate surface area is 177 Å². The van der Waals surface area contributed by atoms with E-state index in [-0.39, 0.29) is 24.4 Å². The predicted molar refractivity (Wildman–Crippen MR) is 111 cm³/mol. The Morgan fingerprint density at radius 2 is 2.04 bits per heavy atom. The number of nitrogens with zero attached hydrogens (tertiary/aromatic N) is 2. The zero-order valence-corrected chi connectivity index (χ0v) is 18.0. The Balaban J connectivity index is 2.07. The summed E-state index contributed by atoms with van der Waals surface area (Å²) in [7, 11) is 1.53. The summed E-state index contributed by atoms with van der Waals surface area (Å²) in [5.74, 6) is -0.622. The van der Waals surface area contributed by atoms with Gasteiger partial charge in [-0.2, -0.15) is 0 Å². The first kappa shape index (κ1) is 21.2. The predicted octanol–water partition coefficient (Wildman–Crippen LogP) is 4.22. The van der Waals surface area contributed by atoms with Crippen molar-refractivity contribution in [1.29, 1.82) is 0 Å². The minimum atomic E-state index is -0.672. The fraction of sp³-hybridized carbons (Fsp3) is 0.421. The van der Waals surface area contributed by atoms with Crippen LogP contribution in [0.2, 0.25) is 10.0 Å². The number of thioether (sulfide) groups is 1. The first-order chi connectivity index (χ1) is 13.4. The highest BCUT2D eigenvalue weighted by Gasteiger charge is 2.47. The molecule has 1 saturated heterocycles. The monoisotopic (exact) mass is 442 g/mol. The Kier molecular flexibility index (Phi) is 6.70. The number of amidine groups is 1. The molecule has 28 heavy (non-hydrogen) atoms. The zero-order valence-electron chi connectivity index (χ0n) is 15.7. The number of rotatable bonds is 6. The van der Waals surface area contributed by atoms with Crippen LogP contribution in [0.3, 0.4) is 0 Å². The molecule has 0 unspecified atom stereocenters. The smallest absolute Gasteiger partial charge is 0.338 e. The first-order valence-corrected chi connectivity index (χ1v) is 10.4. The van der Waals surface area contributed by atoms with Crippen molar-refractivity contribution in [2.45, 2.75) is 31.6 Å². The number of fused-ring (bicyclic) bond motifs is 1. The lowest BCUT2D eigenvalue weighted by Gasteiger charge is -2.33. The van der Waals surface area contributed by atoms with Gasteiger partial charge in [-0.05, 0) is 31.0 Å². The molecule has 0 bridgehead atoms. The number of allylic oxidation sites excluding steroid dienone is 1. The number of halogens is 2. The van der Waals surface area contributed by atoms with Gasteiger partial charge in [-0.25, -0.2) is 9.79 Å².